The first-order chi connectivity index (χ1) is 11.1. The molecular formula is C15H9Cl3F3NOS. The van der Waals surface area contributed by atoms with E-state index in [2.05, 4.69) is 5.32 Å². The minimum Gasteiger partial charge on any atom is -0.322 e. The molecule has 0 fully saturated rings. The maximum atomic E-state index is 12.7. The summed E-state index contributed by atoms with van der Waals surface area (Å²) < 4.78 is 36.0. The highest BCUT2D eigenvalue weighted by Crippen LogP contribution is 2.35. The summed E-state index contributed by atoms with van der Waals surface area (Å²) in [6.07, 6.45) is -4.39. The summed E-state index contributed by atoms with van der Waals surface area (Å²) in [5.41, 5.74) is -0.307. The highest BCUT2D eigenvalue weighted by atomic mass is 35.6. The smallest absolute Gasteiger partial charge is 0.322 e. The number of benzene rings is 2. The molecule has 0 unspecified atom stereocenters. The highest BCUT2D eigenvalue weighted by molar-refractivity contribution is 7.99. The summed E-state index contributed by atoms with van der Waals surface area (Å²) in [4.78, 5) is 12.7. The third kappa shape index (κ3) is 5.48. The molecule has 128 valence electrons. The van der Waals surface area contributed by atoms with Crippen LogP contribution in [0.1, 0.15) is 5.56 Å². The van der Waals surface area contributed by atoms with Gasteiger partial charge in [-0.2, -0.15) is 13.2 Å². The monoisotopic (exact) mass is 413 g/mol. The molecule has 2 rings (SSSR count). The first-order valence-corrected chi connectivity index (χ1v) is 8.34. The molecule has 0 spiro atoms. The van der Waals surface area contributed by atoms with Gasteiger partial charge in [0, 0.05) is 15.5 Å². The molecule has 1 amide bonds. The molecule has 24 heavy (non-hydrogen) atoms. The molecule has 0 radical (unpaired) electrons. The molecule has 9 heteroatoms. The third-order valence-electron chi connectivity index (χ3n) is 2.77. The Hall–Kier alpha value is -1.08. The summed E-state index contributed by atoms with van der Waals surface area (Å²) in [5.74, 6) is -0.800. The van der Waals surface area contributed by atoms with Crippen LogP contribution in [0.15, 0.2) is 58.3 Å². The summed E-state index contributed by atoms with van der Waals surface area (Å²) in [6.45, 7) is 0. The quantitative estimate of drug-likeness (QED) is 0.609. The fourth-order valence-electron chi connectivity index (χ4n) is 1.68. The standard InChI is InChI=1S/C15H9Cl3F3NOS/c16-14(17,18)13(23)22-10-4-6-11(7-5-10)24-12-3-1-2-9(8-12)15(19,20)21/h1-8H,(H,22,23). The van der Waals surface area contributed by atoms with E-state index in [-0.39, 0.29) is 0 Å². The molecule has 0 aliphatic heterocycles. The summed E-state index contributed by atoms with van der Waals surface area (Å²) in [6, 6.07) is 11.4. The van der Waals surface area contributed by atoms with E-state index in [1.165, 1.54) is 6.07 Å². The van der Waals surface area contributed by atoms with E-state index >= 15 is 0 Å². The third-order valence-corrected chi connectivity index (χ3v) is 4.28. The van der Waals surface area contributed by atoms with Crippen LogP contribution < -0.4 is 5.32 Å². The van der Waals surface area contributed by atoms with Crippen molar-refractivity contribution in [1.82, 2.24) is 0 Å². The average molecular weight is 415 g/mol. The van der Waals surface area contributed by atoms with Crippen LogP contribution in [0.5, 0.6) is 0 Å². The molecule has 0 heterocycles. The van der Waals surface area contributed by atoms with Gasteiger partial charge in [0.25, 0.3) is 9.70 Å². The van der Waals surface area contributed by atoms with Crippen LogP contribution in [0.4, 0.5) is 18.9 Å². The second-order valence-corrected chi connectivity index (χ2v) is 8.03. The maximum absolute atomic E-state index is 12.7. The predicted molar refractivity (Wildman–Crippen MR) is 90.9 cm³/mol. The van der Waals surface area contributed by atoms with Gasteiger partial charge in [-0.25, -0.2) is 0 Å². The number of carbonyl (C=O) groups excluding carboxylic acids is 1. The molecule has 0 saturated heterocycles. The maximum Gasteiger partial charge on any atom is 0.416 e. The van der Waals surface area contributed by atoms with E-state index in [1.807, 2.05) is 0 Å². The van der Waals surface area contributed by atoms with Crippen LogP contribution in [-0.2, 0) is 11.0 Å². The highest BCUT2D eigenvalue weighted by Gasteiger charge is 2.31. The zero-order chi connectivity index (χ0) is 18.0. The topological polar surface area (TPSA) is 29.1 Å². The Bertz CT molecular complexity index is 730. The van der Waals surface area contributed by atoms with Crippen molar-refractivity contribution < 1.29 is 18.0 Å². The molecule has 1 N–H and O–H groups in total. The summed E-state index contributed by atoms with van der Waals surface area (Å²) in [7, 11) is 0. The van der Waals surface area contributed by atoms with Gasteiger partial charge < -0.3 is 5.32 Å². The summed E-state index contributed by atoms with van der Waals surface area (Å²) in [5, 5.41) is 2.41. The Morgan fingerprint density at radius 1 is 0.958 bits per heavy atom. The minimum absolute atomic E-state index is 0.403. The molecule has 0 aliphatic carbocycles. The van der Waals surface area contributed by atoms with Crippen molar-refractivity contribution in [2.75, 3.05) is 5.32 Å². The number of alkyl halides is 6. The molecule has 2 nitrogen and oxygen atoms in total. The average Bonchev–Trinajstić information content (AvgIpc) is 2.48. The number of hydrogen-bond donors (Lipinski definition) is 1. The van der Waals surface area contributed by atoms with E-state index in [4.69, 9.17) is 34.8 Å². The number of nitrogens with one attached hydrogen (secondary N) is 1. The van der Waals surface area contributed by atoms with Crippen molar-refractivity contribution in [3.8, 4) is 0 Å². The summed E-state index contributed by atoms with van der Waals surface area (Å²) >= 11 is 17.5. The molecule has 0 saturated carbocycles. The molecule has 0 bridgehead atoms. The van der Waals surface area contributed by atoms with Gasteiger partial charge in [-0.15, -0.1) is 0 Å². The molecule has 0 atom stereocenters. The van der Waals surface area contributed by atoms with E-state index in [0.717, 1.165) is 23.9 Å². The number of rotatable bonds is 3. The Kier molecular flexibility index (Phi) is 5.96. The fraction of sp³-hybridized carbons (Fsp3) is 0.133. The van der Waals surface area contributed by atoms with Crippen molar-refractivity contribution in [2.24, 2.45) is 0 Å². The van der Waals surface area contributed by atoms with Crippen LogP contribution in [0.25, 0.3) is 0 Å². The number of carbonyl (C=O) groups is 1. The van der Waals surface area contributed by atoms with Gasteiger partial charge in [-0.3, -0.25) is 4.79 Å². The second kappa shape index (κ2) is 7.44. The van der Waals surface area contributed by atoms with Gasteiger partial charge in [0.2, 0.25) is 0 Å². The van der Waals surface area contributed by atoms with Crippen LogP contribution in [0.3, 0.4) is 0 Å². The Morgan fingerprint density at radius 2 is 1.58 bits per heavy atom. The van der Waals surface area contributed by atoms with Crippen LogP contribution in [0.2, 0.25) is 0 Å². The van der Waals surface area contributed by atoms with Crippen molar-refractivity contribution in [1.29, 1.82) is 0 Å². The number of halogens is 6. The lowest BCUT2D eigenvalue weighted by molar-refractivity contribution is -0.137. The number of anilines is 1. The second-order valence-electron chi connectivity index (χ2n) is 4.60. The SMILES string of the molecule is O=C(Nc1ccc(Sc2cccc(C(F)(F)F)c2)cc1)C(Cl)(Cl)Cl. The minimum atomic E-state index is -4.39. The zero-order valence-corrected chi connectivity index (χ0v) is 14.8. The van der Waals surface area contributed by atoms with Crippen molar-refractivity contribution in [3.63, 3.8) is 0 Å². The van der Waals surface area contributed by atoms with Gasteiger partial charge in [0.1, 0.15) is 0 Å². The Labute approximate surface area is 155 Å². The molecule has 2 aromatic carbocycles. The molecular weight excluding hydrogens is 406 g/mol. The number of hydrogen-bond acceptors (Lipinski definition) is 2. The van der Waals surface area contributed by atoms with E-state index in [1.54, 1.807) is 30.3 Å². The normalized spacial score (nSPS) is 12.1. The number of amides is 1. The lowest BCUT2D eigenvalue weighted by Gasteiger charge is -2.12. The van der Waals surface area contributed by atoms with Gasteiger partial charge >= 0.3 is 6.18 Å². The zero-order valence-electron chi connectivity index (χ0n) is 11.7. The fourth-order valence-corrected chi connectivity index (χ4v) is 2.70. The largest absolute Gasteiger partial charge is 0.416 e. The molecule has 0 aromatic heterocycles. The first-order valence-electron chi connectivity index (χ1n) is 6.39. The lowest BCUT2D eigenvalue weighted by atomic mass is 10.2. The van der Waals surface area contributed by atoms with E-state index < -0.39 is 21.4 Å². The predicted octanol–water partition coefficient (Wildman–Crippen LogP) is 6.17. The van der Waals surface area contributed by atoms with Crippen molar-refractivity contribution in [3.05, 3.63) is 54.1 Å². The lowest BCUT2D eigenvalue weighted by Crippen LogP contribution is -2.26. The molecule has 2 aromatic rings. The van der Waals surface area contributed by atoms with Gasteiger partial charge in [-0.05, 0) is 42.5 Å². The molecule has 0 aliphatic rings. The van der Waals surface area contributed by atoms with Crippen LogP contribution in [-0.4, -0.2) is 9.70 Å². The van der Waals surface area contributed by atoms with Crippen LogP contribution in [0, 0.1) is 0 Å². The van der Waals surface area contributed by atoms with Crippen molar-refractivity contribution in [2.45, 2.75) is 19.8 Å². The Morgan fingerprint density at radius 3 is 2.12 bits per heavy atom. The van der Waals surface area contributed by atoms with Gasteiger partial charge in [-0.1, -0.05) is 52.6 Å². The van der Waals surface area contributed by atoms with E-state index in [9.17, 15) is 18.0 Å². The Balaban J connectivity index is 2.08. The first kappa shape index (κ1) is 19.2. The van der Waals surface area contributed by atoms with Crippen LogP contribution >= 0.6 is 46.6 Å². The van der Waals surface area contributed by atoms with Gasteiger partial charge in [0.15, 0.2) is 0 Å². The van der Waals surface area contributed by atoms with Gasteiger partial charge in [0.05, 0.1) is 5.56 Å². The van der Waals surface area contributed by atoms with E-state index in [0.29, 0.717) is 15.5 Å². The van der Waals surface area contributed by atoms with Crippen molar-refractivity contribution >= 4 is 58.2 Å².